The molecule has 0 amide bonds. The van der Waals surface area contributed by atoms with Crippen LogP contribution in [0.5, 0.6) is 0 Å². The van der Waals surface area contributed by atoms with Crippen molar-refractivity contribution in [2.24, 2.45) is 5.11 Å². The second kappa shape index (κ2) is 5.14. The minimum atomic E-state index is -3.69. The Morgan fingerprint density at radius 1 is 1.00 bits per heavy atom. The minimum Gasteiger partial charge on any atom is -0.218 e. The van der Waals surface area contributed by atoms with Gasteiger partial charge in [0.2, 0.25) is 9.84 Å². The molecule has 0 spiro atoms. The van der Waals surface area contributed by atoms with Crippen LogP contribution in [-0.2, 0) is 9.84 Å². The number of nitrogens with zero attached hydrogens (tertiary/aromatic N) is 3. The van der Waals surface area contributed by atoms with Crippen LogP contribution < -0.4 is 0 Å². The molecule has 0 aromatic heterocycles. The van der Waals surface area contributed by atoms with Gasteiger partial charge in [0.1, 0.15) is 0 Å². The van der Waals surface area contributed by atoms with Crippen molar-refractivity contribution in [1.82, 2.24) is 0 Å². The SMILES string of the molecule is Cc1ccccc1S(=O)(=O)c1ccccc1N=[N+]=[N-]. The first kappa shape index (κ1) is 13.1. The standard InChI is InChI=1S/C13H11N3O2S/c1-10-6-2-4-8-12(10)19(17,18)13-9-5-3-7-11(13)15-16-14/h2-9H,1H3. The van der Waals surface area contributed by atoms with Crippen LogP contribution in [0.3, 0.4) is 0 Å². The largest absolute Gasteiger partial charge is 0.218 e. The summed E-state index contributed by atoms with van der Waals surface area (Å²) >= 11 is 0. The van der Waals surface area contributed by atoms with Gasteiger partial charge >= 0.3 is 0 Å². The summed E-state index contributed by atoms with van der Waals surface area (Å²) in [5.74, 6) is 0. The molecule has 6 heteroatoms. The third kappa shape index (κ3) is 2.45. The fraction of sp³-hybridized carbons (Fsp3) is 0.0769. The highest BCUT2D eigenvalue weighted by Crippen LogP contribution is 2.30. The molecule has 96 valence electrons. The lowest BCUT2D eigenvalue weighted by Gasteiger charge is -2.09. The quantitative estimate of drug-likeness (QED) is 0.484. The summed E-state index contributed by atoms with van der Waals surface area (Å²) in [5, 5.41) is 3.43. The van der Waals surface area contributed by atoms with E-state index in [0.29, 0.717) is 5.56 Å². The van der Waals surface area contributed by atoms with E-state index in [9.17, 15) is 8.42 Å². The Morgan fingerprint density at radius 2 is 1.58 bits per heavy atom. The predicted molar refractivity (Wildman–Crippen MR) is 71.9 cm³/mol. The summed E-state index contributed by atoms with van der Waals surface area (Å²) in [4.78, 5) is 2.89. The van der Waals surface area contributed by atoms with Gasteiger partial charge in [-0.05, 0) is 30.2 Å². The van der Waals surface area contributed by atoms with Gasteiger partial charge in [0.15, 0.2) is 0 Å². The van der Waals surface area contributed by atoms with Crippen LogP contribution in [0.15, 0.2) is 63.4 Å². The first-order chi connectivity index (χ1) is 9.07. The third-order valence-corrected chi connectivity index (χ3v) is 4.65. The topological polar surface area (TPSA) is 82.9 Å². The number of rotatable bonds is 3. The van der Waals surface area contributed by atoms with Gasteiger partial charge in [0, 0.05) is 4.91 Å². The highest BCUT2D eigenvalue weighted by Gasteiger charge is 2.21. The Kier molecular flexibility index (Phi) is 3.55. The fourth-order valence-electron chi connectivity index (χ4n) is 1.79. The van der Waals surface area contributed by atoms with E-state index in [1.54, 1.807) is 37.3 Å². The predicted octanol–water partition coefficient (Wildman–Crippen LogP) is 3.77. The lowest BCUT2D eigenvalue weighted by atomic mass is 10.2. The Hall–Kier alpha value is -2.30. The van der Waals surface area contributed by atoms with E-state index in [4.69, 9.17) is 5.53 Å². The summed E-state index contributed by atoms with van der Waals surface area (Å²) < 4.78 is 25.1. The second-order valence-electron chi connectivity index (χ2n) is 3.93. The number of hydrogen-bond acceptors (Lipinski definition) is 3. The van der Waals surface area contributed by atoms with Crippen molar-refractivity contribution in [2.75, 3.05) is 0 Å². The van der Waals surface area contributed by atoms with Crippen molar-refractivity contribution in [2.45, 2.75) is 16.7 Å². The van der Waals surface area contributed by atoms with Crippen LogP contribution in [0, 0.1) is 6.92 Å². The highest BCUT2D eigenvalue weighted by molar-refractivity contribution is 7.91. The molecule has 0 unspecified atom stereocenters. The maximum atomic E-state index is 12.6. The Bertz CT molecular complexity index is 763. The molecule has 0 saturated carbocycles. The van der Waals surface area contributed by atoms with Gasteiger partial charge in [0.25, 0.3) is 0 Å². The van der Waals surface area contributed by atoms with E-state index in [2.05, 4.69) is 10.0 Å². The number of sulfone groups is 1. The zero-order chi connectivity index (χ0) is 13.9. The van der Waals surface area contributed by atoms with E-state index in [1.807, 2.05) is 0 Å². The van der Waals surface area contributed by atoms with Crippen LogP contribution >= 0.6 is 0 Å². The number of hydrogen-bond donors (Lipinski definition) is 0. The average Bonchev–Trinajstić information content (AvgIpc) is 2.40. The summed E-state index contributed by atoms with van der Waals surface area (Å²) in [6, 6.07) is 12.8. The summed E-state index contributed by atoms with van der Waals surface area (Å²) in [6.07, 6.45) is 0. The van der Waals surface area contributed by atoms with Crippen LogP contribution in [0.2, 0.25) is 0 Å². The Morgan fingerprint density at radius 3 is 2.21 bits per heavy atom. The fourth-order valence-corrected chi connectivity index (χ4v) is 3.42. The molecule has 0 heterocycles. The molecule has 0 saturated heterocycles. The van der Waals surface area contributed by atoms with E-state index < -0.39 is 9.84 Å². The maximum absolute atomic E-state index is 12.6. The molecule has 0 radical (unpaired) electrons. The van der Waals surface area contributed by atoms with Crippen LogP contribution in [0.25, 0.3) is 10.4 Å². The number of aryl methyl sites for hydroxylation is 1. The molecule has 19 heavy (non-hydrogen) atoms. The first-order valence-electron chi connectivity index (χ1n) is 5.52. The second-order valence-corrected chi connectivity index (χ2v) is 5.81. The molecule has 2 rings (SSSR count). The molecular formula is C13H11N3O2S. The van der Waals surface area contributed by atoms with Gasteiger partial charge in [-0.25, -0.2) is 8.42 Å². The van der Waals surface area contributed by atoms with Gasteiger partial charge in [-0.3, -0.25) is 0 Å². The smallest absolute Gasteiger partial charge is 0.207 e. The molecule has 0 N–H and O–H groups in total. The van der Waals surface area contributed by atoms with Gasteiger partial charge < -0.3 is 0 Å². The molecular weight excluding hydrogens is 262 g/mol. The summed E-state index contributed by atoms with van der Waals surface area (Å²) in [7, 11) is -3.69. The lowest BCUT2D eigenvalue weighted by Crippen LogP contribution is -2.04. The van der Waals surface area contributed by atoms with Crippen molar-refractivity contribution < 1.29 is 8.42 Å². The van der Waals surface area contributed by atoms with Crippen LogP contribution in [-0.4, -0.2) is 8.42 Å². The van der Waals surface area contributed by atoms with Gasteiger partial charge in [-0.2, -0.15) is 0 Å². The van der Waals surface area contributed by atoms with Crippen molar-refractivity contribution >= 4 is 15.5 Å². The zero-order valence-electron chi connectivity index (χ0n) is 10.2. The van der Waals surface area contributed by atoms with Crippen LogP contribution in [0.4, 0.5) is 5.69 Å². The normalized spacial score (nSPS) is 10.8. The van der Waals surface area contributed by atoms with Gasteiger partial charge in [-0.1, -0.05) is 41.5 Å². The molecule has 2 aromatic carbocycles. The van der Waals surface area contributed by atoms with Gasteiger partial charge in [-0.15, -0.1) is 0 Å². The number of benzene rings is 2. The van der Waals surface area contributed by atoms with Crippen LogP contribution in [0.1, 0.15) is 5.56 Å². The van der Waals surface area contributed by atoms with Crippen molar-refractivity contribution in [1.29, 1.82) is 0 Å². The van der Waals surface area contributed by atoms with Crippen molar-refractivity contribution in [3.63, 3.8) is 0 Å². The maximum Gasteiger partial charge on any atom is 0.207 e. The molecule has 0 bridgehead atoms. The third-order valence-electron chi connectivity index (χ3n) is 2.69. The summed E-state index contributed by atoms with van der Waals surface area (Å²) in [5.41, 5.74) is 9.25. The Balaban J connectivity index is 2.71. The Labute approximate surface area is 111 Å². The molecule has 2 aromatic rings. The zero-order valence-corrected chi connectivity index (χ0v) is 11.0. The minimum absolute atomic E-state index is 0.0158. The van der Waals surface area contributed by atoms with E-state index in [-0.39, 0.29) is 15.5 Å². The number of azide groups is 1. The summed E-state index contributed by atoms with van der Waals surface area (Å²) in [6.45, 7) is 1.73. The molecule has 0 aliphatic heterocycles. The molecule has 0 aliphatic rings. The van der Waals surface area contributed by atoms with Gasteiger partial charge in [0.05, 0.1) is 15.5 Å². The monoisotopic (exact) mass is 273 g/mol. The molecule has 0 fully saturated rings. The van der Waals surface area contributed by atoms with E-state index >= 15 is 0 Å². The van der Waals surface area contributed by atoms with E-state index in [0.717, 1.165) is 0 Å². The first-order valence-corrected chi connectivity index (χ1v) is 7.00. The van der Waals surface area contributed by atoms with Crippen molar-refractivity contribution in [3.8, 4) is 0 Å². The average molecular weight is 273 g/mol. The molecule has 0 aliphatic carbocycles. The highest BCUT2D eigenvalue weighted by atomic mass is 32.2. The molecule has 5 nitrogen and oxygen atoms in total. The van der Waals surface area contributed by atoms with E-state index in [1.165, 1.54) is 18.2 Å². The lowest BCUT2D eigenvalue weighted by molar-refractivity contribution is 0.595. The van der Waals surface area contributed by atoms with Crippen molar-refractivity contribution in [3.05, 3.63) is 64.5 Å². The molecule has 0 atom stereocenters.